The number of aromatic nitrogens is 6. The molecule has 1 fully saturated rings. The Balaban J connectivity index is 1.70. The summed E-state index contributed by atoms with van der Waals surface area (Å²) in [6.07, 6.45) is 0.152. The standard InChI is InChI=1S/C22H19ClF3N7O2/c1-31-9-11(8-27-31)15-10-33(5-6-35-15)22-29-16(13-4-3-12(23)7-14(13)24)17-18(30-22)21(34)32(2)20(28-17)19(25)26/h3-4,7-9,15,19H,5-6,10H2,1-2H3/t15-/m1/s1. The van der Waals surface area contributed by atoms with Gasteiger partial charge in [-0.15, -0.1) is 0 Å². The number of fused-ring (bicyclic) bond motifs is 1. The second-order valence-electron chi connectivity index (χ2n) is 8.08. The predicted molar refractivity (Wildman–Crippen MR) is 122 cm³/mol. The van der Waals surface area contributed by atoms with Crippen molar-refractivity contribution < 1.29 is 17.9 Å². The molecule has 4 aromatic rings. The summed E-state index contributed by atoms with van der Waals surface area (Å²) in [4.78, 5) is 27.6. The first-order chi connectivity index (χ1) is 16.7. The van der Waals surface area contributed by atoms with Crippen LogP contribution in [0.25, 0.3) is 22.3 Å². The molecule has 0 bridgehead atoms. The molecule has 0 saturated carbocycles. The highest BCUT2D eigenvalue weighted by atomic mass is 35.5. The molecule has 182 valence electrons. The lowest BCUT2D eigenvalue weighted by Gasteiger charge is -2.32. The average molecular weight is 506 g/mol. The van der Waals surface area contributed by atoms with E-state index in [1.807, 2.05) is 6.20 Å². The second-order valence-corrected chi connectivity index (χ2v) is 8.52. The van der Waals surface area contributed by atoms with Gasteiger partial charge in [-0.05, 0) is 18.2 Å². The van der Waals surface area contributed by atoms with Crippen molar-refractivity contribution >= 4 is 28.6 Å². The topological polar surface area (TPSA) is 91.0 Å². The van der Waals surface area contributed by atoms with Crippen LogP contribution in [-0.2, 0) is 18.8 Å². The van der Waals surface area contributed by atoms with Crippen LogP contribution in [-0.4, -0.2) is 49.0 Å². The minimum absolute atomic E-state index is 0.0407. The van der Waals surface area contributed by atoms with Crippen molar-refractivity contribution in [3.8, 4) is 11.3 Å². The molecule has 9 nitrogen and oxygen atoms in total. The molecule has 1 saturated heterocycles. The van der Waals surface area contributed by atoms with Gasteiger partial charge in [-0.2, -0.15) is 5.10 Å². The number of morpholine rings is 1. The molecule has 0 amide bonds. The van der Waals surface area contributed by atoms with E-state index >= 15 is 0 Å². The van der Waals surface area contributed by atoms with Crippen molar-refractivity contribution in [3.63, 3.8) is 0 Å². The van der Waals surface area contributed by atoms with Crippen molar-refractivity contribution in [1.29, 1.82) is 0 Å². The average Bonchev–Trinajstić information content (AvgIpc) is 3.27. The maximum absolute atomic E-state index is 14.9. The molecule has 1 aliphatic rings. The van der Waals surface area contributed by atoms with E-state index in [2.05, 4.69) is 20.1 Å². The van der Waals surface area contributed by atoms with E-state index in [4.69, 9.17) is 16.3 Å². The third kappa shape index (κ3) is 4.23. The molecule has 0 aliphatic carbocycles. The Bertz CT molecular complexity index is 1490. The van der Waals surface area contributed by atoms with Gasteiger partial charge in [-0.1, -0.05) is 11.6 Å². The molecule has 3 aromatic heterocycles. The molecule has 13 heteroatoms. The lowest BCUT2D eigenvalue weighted by atomic mass is 10.1. The first-order valence-corrected chi connectivity index (χ1v) is 11.0. The van der Waals surface area contributed by atoms with Gasteiger partial charge in [0.1, 0.15) is 23.1 Å². The zero-order valence-corrected chi connectivity index (χ0v) is 19.4. The maximum atomic E-state index is 14.9. The van der Waals surface area contributed by atoms with Crippen LogP contribution >= 0.6 is 11.6 Å². The van der Waals surface area contributed by atoms with E-state index in [1.54, 1.807) is 22.8 Å². The van der Waals surface area contributed by atoms with Gasteiger partial charge < -0.3 is 9.64 Å². The molecule has 1 aromatic carbocycles. The van der Waals surface area contributed by atoms with Gasteiger partial charge in [0.2, 0.25) is 5.95 Å². The Morgan fingerprint density at radius 1 is 1.17 bits per heavy atom. The second kappa shape index (κ2) is 8.93. The number of nitrogens with zero attached hydrogens (tertiary/aromatic N) is 7. The lowest BCUT2D eigenvalue weighted by molar-refractivity contribution is 0.0392. The summed E-state index contributed by atoms with van der Waals surface area (Å²) in [6, 6.07) is 3.88. The highest BCUT2D eigenvalue weighted by molar-refractivity contribution is 6.30. The highest BCUT2D eigenvalue weighted by Crippen LogP contribution is 2.32. The van der Waals surface area contributed by atoms with E-state index in [0.29, 0.717) is 19.7 Å². The molecule has 0 N–H and O–H groups in total. The fourth-order valence-corrected chi connectivity index (χ4v) is 4.15. The largest absolute Gasteiger partial charge is 0.370 e. The quantitative estimate of drug-likeness (QED) is 0.419. The number of benzene rings is 1. The van der Waals surface area contributed by atoms with Gasteiger partial charge in [0.15, 0.2) is 11.3 Å². The number of rotatable bonds is 4. The summed E-state index contributed by atoms with van der Waals surface area (Å²) in [6.45, 7) is 1.07. The molecule has 4 heterocycles. The summed E-state index contributed by atoms with van der Waals surface area (Å²) >= 11 is 5.89. The van der Waals surface area contributed by atoms with Crippen LogP contribution in [0.3, 0.4) is 0 Å². The van der Waals surface area contributed by atoms with Crippen LogP contribution in [0, 0.1) is 5.82 Å². The summed E-state index contributed by atoms with van der Waals surface area (Å²) in [5.41, 5.74) is -0.479. The molecule has 5 rings (SSSR count). The number of hydrogen-bond donors (Lipinski definition) is 0. The SMILES string of the molecule is Cn1cc([C@H]2CN(c3nc(-c4ccc(Cl)cc4F)c4nc(C(F)F)n(C)c(=O)c4n3)CCO2)cn1. The van der Waals surface area contributed by atoms with Crippen molar-refractivity contribution in [2.24, 2.45) is 14.1 Å². The number of ether oxygens (including phenoxy) is 1. The monoisotopic (exact) mass is 505 g/mol. The number of hydrogen-bond acceptors (Lipinski definition) is 7. The van der Waals surface area contributed by atoms with Crippen molar-refractivity contribution in [2.45, 2.75) is 12.5 Å². The summed E-state index contributed by atoms with van der Waals surface area (Å²) in [5, 5.41) is 4.31. The third-order valence-electron chi connectivity index (χ3n) is 5.78. The molecular formula is C22H19ClF3N7O2. The molecule has 0 unspecified atom stereocenters. The molecule has 1 atom stereocenters. The van der Waals surface area contributed by atoms with Crippen LogP contribution in [0.15, 0.2) is 35.4 Å². The van der Waals surface area contributed by atoms with Crippen molar-refractivity contribution in [1.82, 2.24) is 29.3 Å². The van der Waals surface area contributed by atoms with E-state index in [1.165, 1.54) is 19.2 Å². The predicted octanol–water partition coefficient (Wildman–Crippen LogP) is 3.43. The fraction of sp³-hybridized carbons (Fsp3) is 0.318. The first-order valence-electron chi connectivity index (χ1n) is 10.6. The number of anilines is 1. The van der Waals surface area contributed by atoms with Crippen molar-refractivity contribution in [2.75, 3.05) is 24.6 Å². The van der Waals surface area contributed by atoms with Gasteiger partial charge in [0, 0.05) is 43.0 Å². The van der Waals surface area contributed by atoms with E-state index in [-0.39, 0.29) is 39.4 Å². The van der Waals surface area contributed by atoms with Crippen LogP contribution in [0.4, 0.5) is 19.1 Å². The summed E-state index contributed by atoms with van der Waals surface area (Å²) < 4.78 is 50.4. The van der Waals surface area contributed by atoms with E-state index in [9.17, 15) is 18.0 Å². The summed E-state index contributed by atoms with van der Waals surface area (Å²) in [5.74, 6) is -1.38. The molecule has 35 heavy (non-hydrogen) atoms. The van der Waals surface area contributed by atoms with Crippen LogP contribution < -0.4 is 10.5 Å². The van der Waals surface area contributed by atoms with Gasteiger partial charge >= 0.3 is 0 Å². The first kappa shape index (κ1) is 23.2. The van der Waals surface area contributed by atoms with E-state index in [0.717, 1.165) is 16.2 Å². The van der Waals surface area contributed by atoms with Crippen LogP contribution in [0.2, 0.25) is 5.02 Å². The van der Waals surface area contributed by atoms with Gasteiger partial charge in [-0.3, -0.25) is 14.0 Å². The molecule has 0 spiro atoms. The smallest absolute Gasteiger partial charge is 0.295 e. The third-order valence-corrected chi connectivity index (χ3v) is 6.01. The normalized spacial score (nSPS) is 16.4. The van der Waals surface area contributed by atoms with Gasteiger partial charge in [0.25, 0.3) is 12.0 Å². The van der Waals surface area contributed by atoms with Gasteiger partial charge in [0.05, 0.1) is 19.3 Å². The Labute approximate surface area is 201 Å². The number of aryl methyl sites for hydroxylation is 1. The maximum Gasteiger partial charge on any atom is 0.295 e. The fourth-order valence-electron chi connectivity index (χ4n) is 4.00. The van der Waals surface area contributed by atoms with Crippen molar-refractivity contribution in [3.05, 3.63) is 63.2 Å². The highest BCUT2D eigenvalue weighted by Gasteiger charge is 2.28. The minimum atomic E-state index is -3.03. The Kier molecular flexibility index (Phi) is 5.93. The van der Waals surface area contributed by atoms with Crippen LogP contribution in [0.1, 0.15) is 23.9 Å². The Morgan fingerprint density at radius 3 is 2.66 bits per heavy atom. The lowest BCUT2D eigenvalue weighted by Crippen LogP contribution is -2.39. The zero-order chi connectivity index (χ0) is 24.9. The zero-order valence-electron chi connectivity index (χ0n) is 18.6. The Morgan fingerprint density at radius 2 is 1.97 bits per heavy atom. The number of halogens is 4. The molecular weight excluding hydrogens is 487 g/mol. The molecule has 0 radical (unpaired) electrons. The number of alkyl halides is 2. The molecule has 1 aliphatic heterocycles. The minimum Gasteiger partial charge on any atom is -0.370 e. The van der Waals surface area contributed by atoms with E-state index < -0.39 is 23.6 Å². The van der Waals surface area contributed by atoms with Crippen LogP contribution in [0.5, 0.6) is 0 Å². The van der Waals surface area contributed by atoms with Gasteiger partial charge in [-0.25, -0.2) is 28.1 Å². The summed E-state index contributed by atoms with van der Waals surface area (Å²) in [7, 11) is 2.98. The Hall–Kier alpha value is -3.51.